The average Bonchev–Trinajstić information content (AvgIpc) is 3.67. The Morgan fingerprint density at radius 1 is 0.809 bits per heavy atom. The van der Waals surface area contributed by atoms with Crippen molar-refractivity contribution in [2.75, 3.05) is 0 Å². The van der Waals surface area contributed by atoms with Crippen LogP contribution in [-0.4, -0.2) is 50.7 Å². The third-order valence-electron chi connectivity index (χ3n) is 11.7. The number of hydrogen-bond acceptors (Lipinski definition) is 9. The van der Waals surface area contributed by atoms with Gasteiger partial charge in [-0.2, -0.15) is 0 Å². The van der Waals surface area contributed by atoms with Crippen molar-refractivity contribution in [2.45, 2.75) is 72.7 Å². The van der Waals surface area contributed by atoms with E-state index in [1.807, 2.05) is 24.3 Å². The molecule has 12 heteroatoms. The van der Waals surface area contributed by atoms with Crippen LogP contribution in [0.15, 0.2) is 65.6 Å². The Bertz CT molecular complexity index is 2050. The lowest BCUT2D eigenvalue weighted by Crippen LogP contribution is -2.49. The predicted octanol–water partition coefficient (Wildman–Crippen LogP) is 3.52. The van der Waals surface area contributed by atoms with Gasteiger partial charge < -0.3 is 14.0 Å². The van der Waals surface area contributed by atoms with Gasteiger partial charge in [-0.15, -0.1) is 0 Å². The topological polar surface area (TPSA) is 156 Å². The summed E-state index contributed by atoms with van der Waals surface area (Å²) in [4.78, 5) is 27.7. The molecule has 6 aliphatic carbocycles. The normalized spacial score (nSPS) is 33.5. The molecule has 7 unspecified atom stereocenters. The summed E-state index contributed by atoms with van der Waals surface area (Å²) in [5.41, 5.74) is 5.51. The first-order valence-electron chi connectivity index (χ1n) is 16.2. The van der Waals surface area contributed by atoms with Crippen molar-refractivity contribution in [3.05, 3.63) is 94.0 Å². The Hall–Kier alpha value is -3.58. The maximum absolute atomic E-state index is 14.1. The second-order valence-corrected chi connectivity index (χ2v) is 17.1. The quantitative estimate of drug-likeness (QED) is 0.243. The number of fused-ring (bicyclic) bond motifs is 3. The fourth-order valence-electron chi connectivity index (χ4n) is 10.0. The van der Waals surface area contributed by atoms with Gasteiger partial charge >= 0.3 is 11.9 Å². The van der Waals surface area contributed by atoms with E-state index in [0.29, 0.717) is 43.2 Å². The van der Waals surface area contributed by atoms with Crippen molar-refractivity contribution in [1.82, 2.24) is 4.72 Å². The predicted molar refractivity (Wildman–Crippen MR) is 166 cm³/mol. The van der Waals surface area contributed by atoms with Gasteiger partial charge in [-0.25, -0.2) is 21.6 Å². The molecule has 244 valence electrons. The number of benzene rings is 3. The van der Waals surface area contributed by atoms with Crippen LogP contribution in [0.5, 0.6) is 5.75 Å². The molecule has 1 aliphatic heterocycles. The minimum atomic E-state index is -4.73. The zero-order valence-corrected chi connectivity index (χ0v) is 26.8. The summed E-state index contributed by atoms with van der Waals surface area (Å²) in [6.45, 7) is 0. The highest BCUT2D eigenvalue weighted by molar-refractivity contribution is 7.90. The monoisotopic (exact) mass is 674 g/mol. The van der Waals surface area contributed by atoms with Gasteiger partial charge in [0.2, 0.25) is 10.0 Å². The van der Waals surface area contributed by atoms with Crippen molar-refractivity contribution in [3.63, 3.8) is 0 Å². The molecule has 10 rings (SSSR count). The third kappa shape index (κ3) is 4.27. The van der Waals surface area contributed by atoms with E-state index in [0.717, 1.165) is 17.5 Å². The van der Waals surface area contributed by atoms with Crippen LogP contribution in [0.4, 0.5) is 0 Å². The lowest BCUT2D eigenvalue weighted by molar-refractivity contribution is -0.162. The highest BCUT2D eigenvalue weighted by Crippen LogP contribution is 2.59. The second kappa shape index (κ2) is 10.2. The van der Waals surface area contributed by atoms with Crippen LogP contribution < -0.4 is 9.46 Å². The van der Waals surface area contributed by atoms with Gasteiger partial charge in [-0.3, -0.25) is 9.59 Å². The summed E-state index contributed by atoms with van der Waals surface area (Å²) in [6, 6.07) is 18.2. The number of rotatable bonds is 5. The molecule has 7 atom stereocenters. The van der Waals surface area contributed by atoms with Crippen molar-refractivity contribution in [3.8, 4) is 5.75 Å². The number of esters is 2. The average molecular weight is 675 g/mol. The molecule has 0 spiro atoms. The number of carbonyl (C=O) groups excluding carboxylic acids is 2. The summed E-state index contributed by atoms with van der Waals surface area (Å²) < 4.78 is 77.4. The van der Waals surface area contributed by atoms with Crippen molar-refractivity contribution in [1.29, 1.82) is 0 Å². The van der Waals surface area contributed by atoms with Gasteiger partial charge in [-0.1, -0.05) is 48.5 Å². The van der Waals surface area contributed by atoms with E-state index < -0.39 is 67.2 Å². The Labute approximate surface area is 272 Å². The van der Waals surface area contributed by atoms with Crippen LogP contribution in [0.1, 0.15) is 70.9 Å². The zero-order valence-electron chi connectivity index (χ0n) is 25.2. The minimum Gasteiger partial charge on any atom is -0.744 e. The molecule has 2 saturated carbocycles. The smallest absolute Gasteiger partial charge is 0.316 e. The molecule has 1 saturated heterocycles. The standard InChI is InChI=1S/C35H33NO9S2/c37-34(25-15-23-17-7-1-5-11-21(17)29(25)22-12-6-2-8-18(22)23)45-32-24-16-26-31(32)36-46(39,40)33(26)30(24)35(38)44-27-13-14-28(47(41,42)43)20-10-4-3-9-19(20)27/h1-2,5-8,11-14,23-26,29-33,36H,3-4,9-10,15-16H2,(H,41,42,43)/p-1. The van der Waals surface area contributed by atoms with Crippen LogP contribution in [0.25, 0.3) is 0 Å². The van der Waals surface area contributed by atoms with Gasteiger partial charge in [0.1, 0.15) is 22.0 Å². The summed E-state index contributed by atoms with van der Waals surface area (Å²) in [5.74, 6) is -3.62. The molecule has 1 N–H and O–H groups in total. The molecule has 0 aromatic heterocycles. The number of hydrogen-bond donors (Lipinski definition) is 1. The SMILES string of the molecule is O=C(OC1C2CC3C1NS(=O)(=O)C3C2C(=O)Oc1ccc(S(=O)(=O)[O-])c2c1CCCC2)C1CC2c3ccccc3C1c1ccccc12. The number of carbonyl (C=O) groups is 2. The van der Waals surface area contributed by atoms with Gasteiger partial charge in [-0.05, 0) is 90.0 Å². The number of nitrogens with one attached hydrogen (secondary N) is 1. The highest BCUT2D eigenvalue weighted by atomic mass is 32.2. The third-order valence-corrected chi connectivity index (χ3v) is 14.6. The maximum atomic E-state index is 14.1. The molecule has 7 aliphatic rings. The molecule has 3 aromatic carbocycles. The summed E-state index contributed by atoms with van der Waals surface area (Å²) in [7, 11) is -8.63. The molecule has 3 aromatic rings. The van der Waals surface area contributed by atoms with E-state index in [4.69, 9.17) is 9.47 Å². The molecule has 0 radical (unpaired) electrons. The summed E-state index contributed by atoms with van der Waals surface area (Å²) in [5, 5.41) is -1.01. The highest BCUT2D eigenvalue weighted by Gasteiger charge is 2.71. The fraction of sp³-hybridized carbons (Fsp3) is 0.429. The first kappa shape index (κ1) is 29.6. The lowest BCUT2D eigenvalue weighted by atomic mass is 9.59. The molecule has 3 fully saturated rings. The summed E-state index contributed by atoms with van der Waals surface area (Å²) in [6.07, 6.45) is 2.37. The van der Waals surface area contributed by atoms with Crippen LogP contribution in [0.2, 0.25) is 0 Å². The fourth-order valence-corrected chi connectivity index (χ4v) is 13.1. The first-order chi connectivity index (χ1) is 22.5. The van der Waals surface area contributed by atoms with Gasteiger partial charge in [0.05, 0.1) is 28.0 Å². The largest absolute Gasteiger partial charge is 0.744 e. The van der Waals surface area contributed by atoms with Crippen molar-refractivity contribution < 1.29 is 40.5 Å². The van der Waals surface area contributed by atoms with Gasteiger partial charge in [0.25, 0.3) is 0 Å². The van der Waals surface area contributed by atoms with E-state index in [1.165, 1.54) is 23.3 Å². The van der Waals surface area contributed by atoms with E-state index in [-0.39, 0.29) is 28.5 Å². The summed E-state index contributed by atoms with van der Waals surface area (Å²) >= 11 is 0. The van der Waals surface area contributed by atoms with Crippen LogP contribution in [0, 0.1) is 23.7 Å². The van der Waals surface area contributed by atoms with Crippen LogP contribution >= 0.6 is 0 Å². The van der Waals surface area contributed by atoms with E-state index >= 15 is 0 Å². The Morgan fingerprint density at radius 3 is 2.11 bits per heavy atom. The zero-order chi connectivity index (χ0) is 32.4. The maximum Gasteiger partial charge on any atom is 0.316 e. The molecular weight excluding hydrogens is 643 g/mol. The van der Waals surface area contributed by atoms with E-state index in [1.54, 1.807) is 0 Å². The Kier molecular flexibility index (Phi) is 6.42. The number of ether oxygens (including phenoxy) is 2. The molecule has 1 heterocycles. The lowest BCUT2D eigenvalue weighted by Gasteiger charge is -2.45. The molecule has 4 bridgehead atoms. The Balaban J connectivity index is 1.02. The van der Waals surface area contributed by atoms with E-state index in [9.17, 15) is 31.0 Å². The van der Waals surface area contributed by atoms with Gasteiger partial charge in [0.15, 0.2) is 0 Å². The first-order valence-corrected chi connectivity index (χ1v) is 19.2. The Morgan fingerprint density at radius 2 is 1.45 bits per heavy atom. The second-order valence-electron chi connectivity index (χ2n) is 13.9. The van der Waals surface area contributed by atoms with Gasteiger partial charge in [0, 0.05) is 17.8 Å². The van der Waals surface area contributed by atoms with Crippen molar-refractivity contribution in [2.24, 2.45) is 23.7 Å². The van der Waals surface area contributed by atoms with E-state index in [2.05, 4.69) is 29.0 Å². The minimum absolute atomic E-state index is 0.0518. The molecule has 47 heavy (non-hydrogen) atoms. The molecule has 10 nitrogen and oxygen atoms in total. The number of sulfonamides is 1. The molecular formula is C35H32NO9S2-. The van der Waals surface area contributed by atoms with Crippen LogP contribution in [-0.2, 0) is 47.3 Å². The van der Waals surface area contributed by atoms with Crippen molar-refractivity contribution >= 4 is 32.1 Å². The van der Waals surface area contributed by atoms with Crippen LogP contribution in [0.3, 0.4) is 0 Å². The molecule has 0 amide bonds.